The average Bonchev–Trinajstić information content (AvgIpc) is 3.36. The number of hydrogen-bond acceptors (Lipinski definition) is 5. The van der Waals surface area contributed by atoms with Crippen molar-refractivity contribution in [1.29, 1.82) is 0 Å². The number of carbonyl (C=O) groups is 4. The zero-order valence-electron chi connectivity index (χ0n) is 21.7. The summed E-state index contributed by atoms with van der Waals surface area (Å²) in [6.45, 7) is 5.54. The Kier molecular flexibility index (Phi) is 7.74. The SMILES string of the molecule is CC(C)(C)[C@H](NC(=O)CC1CCCCC1)C(=O)N1C[C@@]2(C[C@H]1C(=O)O)CN(c1cccc(Cl)c1)C(=O)O2. The van der Waals surface area contributed by atoms with Gasteiger partial charge in [0, 0.05) is 23.6 Å². The van der Waals surface area contributed by atoms with Gasteiger partial charge < -0.3 is 20.1 Å². The topological polar surface area (TPSA) is 116 Å². The zero-order chi connectivity index (χ0) is 27.0. The number of anilines is 1. The molecule has 2 aliphatic heterocycles. The lowest BCUT2D eigenvalue weighted by molar-refractivity contribution is -0.150. The summed E-state index contributed by atoms with van der Waals surface area (Å²) >= 11 is 6.09. The Hall–Kier alpha value is -2.81. The van der Waals surface area contributed by atoms with Gasteiger partial charge in [-0.1, -0.05) is 57.7 Å². The maximum absolute atomic E-state index is 13.8. The molecule has 0 unspecified atom stereocenters. The summed E-state index contributed by atoms with van der Waals surface area (Å²) in [5.74, 6) is -1.54. The minimum absolute atomic E-state index is 0.0379. The summed E-state index contributed by atoms with van der Waals surface area (Å²) in [5, 5.41) is 13.4. The number of nitrogens with zero attached hydrogens (tertiary/aromatic N) is 2. The predicted molar refractivity (Wildman–Crippen MR) is 138 cm³/mol. The van der Waals surface area contributed by atoms with Crippen molar-refractivity contribution >= 4 is 41.2 Å². The van der Waals surface area contributed by atoms with Gasteiger partial charge in [0.2, 0.25) is 11.8 Å². The largest absolute Gasteiger partial charge is 0.480 e. The Morgan fingerprint density at radius 3 is 2.51 bits per heavy atom. The average molecular weight is 534 g/mol. The monoisotopic (exact) mass is 533 g/mol. The first kappa shape index (κ1) is 27.2. The van der Waals surface area contributed by atoms with Gasteiger partial charge in [0.1, 0.15) is 12.1 Å². The van der Waals surface area contributed by atoms with Crippen LogP contribution in [0.4, 0.5) is 10.5 Å². The highest BCUT2D eigenvalue weighted by Gasteiger charge is 2.57. The third-order valence-electron chi connectivity index (χ3n) is 7.68. The molecule has 2 heterocycles. The standard InChI is InChI=1S/C27H36ClN3O6/c1-26(2,3)22(29-21(32)12-17-8-5-4-6-9-17)23(33)31-16-27(14-20(31)24(34)35)15-30(25(36)37-27)19-11-7-10-18(28)13-19/h7,10-11,13,17,20,22H,4-6,8-9,12,14-16H2,1-3H3,(H,29,32)(H,34,35)/t20-,22+,27+/m0/s1. The first-order chi connectivity index (χ1) is 17.4. The van der Waals surface area contributed by atoms with Crippen molar-refractivity contribution in [3.8, 4) is 0 Å². The van der Waals surface area contributed by atoms with E-state index in [2.05, 4.69) is 5.32 Å². The van der Waals surface area contributed by atoms with Gasteiger partial charge in [-0.15, -0.1) is 0 Å². The number of rotatable bonds is 6. The molecule has 1 aliphatic carbocycles. The van der Waals surface area contributed by atoms with E-state index in [1.807, 2.05) is 20.8 Å². The van der Waals surface area contributed by atoms with E-state index < -0.39 is 41.1 Å². The van der Waals surface area contributed by atoms with Crippen molar-refractivity contribution < 1.29 is 29.0 Å². The molecule has 1 saturated carbocycles. The zero-order valence-corrected chi connectivity index (χ0v) is 22.4. The summed E-state index contributed by atoms with van der Waals surface area (Å²) in [7, 11) is 0. The van der Waals surface area contributed by atoms with E-state index in [-0.39, 0.29) is 25.4 Å². The second-order valence-electron chi connectivity index (χ2n) is 11.7. The number of amides is 3. The summed E-state index contributed by atoms with van der Waals surface area (Å²) in [4.78, 5) is 54.5. The predicted octanol–water partition coefficient (Wildman–Crippen LogP) is 4.22. The molecule has 3 aliphatic rings. The Balaban J connectivity index is 1.52. The van der Waals surface area contributed by atoms with Gasteiger partial charge in [0.05, 0.1) is 13.1 Å². The first-order valence-corrected chi connectivity index (χ1v) is 13.4. The van der Waals surface area contributed by atoms with Crippen LogP contribution < -0.4 is 10.2 Å². The van der Waals surface area contributed by atoms with Crippen molar-refractivity contribution in [1.82, 2.24) is 10.2 Å². The highest BCUT2D eigenvalue weighted by molar-refractivity contribution is 6.30. The van der Waals surface area contributed by atoms with Crippen LogP contribution in [0.2, 0.25) is 5.02 Å². The van der Waals surface area contributed by atoms with Gasteiger partial charge >= 0.3 is 12.1 Å². The summed E-state index contributed by atoms with van der Waals surface area (Å²) in [5.41, 5.74) is -1.29. The normalized spacial score (nSPS) is 25.3. The van der Waals surface area contributed by atoms with Crippen LogP contribution >= 0.6 is 11.6 Å². The number of carboxylic acids is 1. The quantitative estimate of drug-likeness (QED) is 0.565. The minimum atomic E-state index is -1.18. The molecular weight excluding hydrogens is 498 g/mol. The van der Waals surface area contributed by atoms with Crippen molar-refractivity contribution in [3.63, 3.8) is 0 Å². The molecule has 37 heavy (non-hydrogen) atoms. The molecule has 4 rings (SSSR count). The number of nitrogens with one attached hydrogen (secondary N) is 1. The van der Waals surface area contributed by atoms with E-state index >= 15 is 0 Å². The number of carbonyl (C=O) groups excluding carboxylic acids is 3. The fourth-order valence-corrected chi connectivity index (χ4v) is 5.93. The Labute approximate surface area is 222 Å². The molecule has 1 spiro atoms. The molecule has 1 aromatic rings. The lowest BCUT2D eigenvalue weighted by Gasteiger charge is -2.35. The van der Waals surface area contributed by atoms with Gasteiger partial charge in [-0.2, -0.15) is 0 Å². The van der Waals surface area contributed by atoms with E-state index in [0.717, 1.165) is 25.7 Å². The number of aliphatic carboxylic acids is 1. The van der Waals surface area contributed by atoms with Crippen LogP contribution in [0, 0.1) is 11.3 Å². The van der Waals surface area contributed by atoms with Gasteiger partial charge in [0.25, 0.3) is 0 Å². The Morgan fingerprint density at radius 1 is 1.19 bits per heavy atom. The molecule has 2 N–H and O–H groups in total. The fraction of sp³-hybridized carbons (Fsp3) is 0.630. The van der Waals surface area contributed by atoms with Crippen LogP contribution in [-0.4, -0.2) is 64.7 Å². The number of ether oxygens (including phenoxy) is 1. The molecule has 3 amide bonds. The minimum Gasteiger partial charge on any atom is -0.480 e. The number of halogens is 1. The van der Waals surface area contributed by atoms with Crippen molar-refractivity contribution in [3.05, 3.63) is 29.3 Å². The number of benzene rings is 1. The molecule has 202 valence electrons. The lowest BCUT2D eigenvalue weighted by Crippen LogP contribution is -2.57. The first-order valence-electron chi connectivity index (χ1n) is 13.0. The highest BCUT2D eigenvalue weighted by atomic mass is 35.5. The van der Waals surface area contributed by atoms with Crippen molar-refractivity contribution in [2.24, 2.45) is 11.3 Å². The summed E-state index contributed by atoms with van der Waals surface area (Å²) in [6, 6.07) is 4.65. The van der Waals surface area contributed by atoms with Gasteiger partial charge in [-0.3, -0.25) is 14.5 Å². The second kappa shape index (κ2) is 10.5. The fourth-order valence-electron chi connectivity index (χ4n) is 5.74. The molecule has 0 aromatic heterocycles. The van der Waals surface area contributed by atoms with Crippen LogP contribution in [0.3, 0.4) is 0 Å². The lowest BCUT2D eigenvalue weighted by atomic mass is 9.84. The maximum Gasteiger partial charge on any atom is 0.415 e. The van der Waals surface area contributed by atoms with Crippen LogP contribution in [0.15, 0.2) is 24.3 Å². The van der Waals surface area contributed by atoms with Gasteiger partial charge in [0.15, 0.2) is 5.60 Å². The molecule has 0 radical (unpaired) electrons. The van der Waals surface area contributed by atoms with Crippen LogP contribution in [0.1, 0.15) is 65.7 Å². The molecule has 3 fully saturated rings. The van der Waals surface area contributed by atoms with Crippen molar-refractivity contribution in [2.75, 3.05) is 18.0 Å². The number of likely N-dealkylation sites (tertiary alicyclic amines) is 1. The Morgan fingerprint density at radius 2 is 1.89 bits per heavy atom. The molecule has 2 saturated heterocycles. The molecule has 9 nitrogen and oxygen atoms in total. The molecule has 1 aromatic carbocycles. The van der Waals surface area contributed by atoms with E-state index in [1.165, 1.54) is 16.2 Å². The van der Waals surface area contributed by atoms with E-state index in [0.29, 0.717) is 23.0 Å². The Bertz CT molecular complexity index is 1070. The van der Waals surface area contributed by atoms with E-state index in [9.17, 15) is 24.3 Å². The summed E-state index contributed by atoms with van der Waals surface area (Å²) < 4.78 is 5.72. The second-order valence-corrected chi connectivity index (χ2v) is 12.2. The molecular formula is C27H36ClN3O6. The summed E-state index contributed by atoms with van der Waals surface area (Å²) in [6.07, 6.45) is 5.13. The third kappa shape index (κ3) is 6.03. The van der Waals surface area contributed by atoms with E-state index in [4.69, 9.17) is 16.3 Å². The highest BCUT2D eigenvalue weighted by Crippen LogP contribution is 2.39. The van der Waals surface area contributed by atoms with Gasteiger partial charge in [-0.25, -0.2) is 9.59 Å². The maximum atomic E-state index is 13.8. The molecule has 0 bridgehead atoms. The number of hydrogen-bond donors (Lipinski definition) is 2. The molecule has 3 atom stereocenters. The van der Waals surface area contributed by atoms with E-state index in [1.54, 1.807) is 24.3 Å². The molecule has 10 heteroatoms. The smallest absolute Gasteiger partial charge is 0.415 e. The van der Waals surface area contributed by atoms with Gasteiger partial charge in [-0.05, 0) is 42.4 Å². The number of carboxylic acid groups (broad SMARTS) is 1. The van der Waals surface area contributed by atoms with Crippen LogP contribution in [-0.2, 0) is 19.1 Å². The van der Waals surface area contributed by atoms with Crippen LogP contribution in [0.5, 0.6) is 0 Å². The van der Waals surface area contributed by atoms with Crippen LogP contribution in [0.25, 0.3) is 0 Å². The third-order valence-corrected chi connectivity index (χ3v) is 7.91. The van der Waals surface area contributed by atoms with Crippen molar-refractivity contribution in [2.45, 2.75) is 83.4 Å².